The monoisotopic (exact) mass is 292 g/mol. The fourth-order valence-electron chi connectivity index (χ4n) is 1.62. The molecule has 0 aromatic heterocycles. The maximum atomic E-state index is 11.2. The van der Waals surface area contributed by atoms with Crippen molar-refractivity contribution in [3.05, 3.63) is 49.1 Å². The van der Waals surface area contributed by atoms with Gasteiger partial charge in [-0.2, -0.15) is 0 Å². The number of hydrogen-bond acceptors (Lipinski definition) is 5. The van der Waals surface area contributed by atoms with Crippen molar-refractivity contribution in [2.24, 2.45) is 0 Å². The molecule has 0 radical (unpaired) electrons. The van der Waals surface area contributed by atoms with Crippen LogP contribution >= 0.6 is 0 Å². The van der Waals surface area contributed by atoms with E-state index in [-0.39, 0.29) is 6.42 Å². The highest BCUT2D eigenvalue weighted by Gasteiger charge is 2.16. The van der Waals surface area contributed by atoms with Gasteiger partial charge in [-0.05, 0) is 17.7 Å². The van der Waals surface area contributed by atoms with E-state index < -0.39 is 12.1 Å². The summed E-state index contributed by atoms with van der Waals surface area (Å²) in [5, 5.41) is 10.0. The number of carbonyl (C=O) groups is 1. The van der Waals surface area contributed by atoms with E-state index in [9.17, 15) is 9.90 Å². The zero-order valence-electron chi connectivity index (χ0n) is 12.1. The molecule has 1 rings (SSSR count). The molecule has 0 aliphatic heterocycles. The Hall–Kier alpha value is -2.27. The lowest BCUT2D eigenvalue weighted by molar-refractivity contribution is -0.142. The van der Waals surface area contributed by atoms with Crippen LogP contribution < -0.4 is 9.47 Å². The molecule has 1 atom stereocenters. The van der Waals surface area contributed by atoms with Crippen LogP contribution in [0.3, 0.4) is 0 Å². The summed E-state index contributed by atoms with van der Waals surface area (Å²) in [5.41, 5.74) is 0.547. The van der Waals surface area contributed by atoms with Gasteiger partial charge in [-0.3, -0.25) is 4.79 Å². The Balaban J connectivity index is 2.93. The molecule has 1 unspecified atom stereocenters. The second-order valence-corrected chi connectivity index (χ2v) is 4.20. The molecule has 0 aliphatic rings. The molecule has 0 fully saturated rings. The number of hydrogen-bond donors (Lipinski definition) is 1. The van der Waals surface area contributed by atoms with E-state index >= 15 is 0 Å². The van der Waals surface area contributed by atoms with Crippen LogP contribution in [-0.2, 0) is 9.53 Å². The molecule has 0 aliphatic carbocycles. The molecule has 1 N–H and O–H groups in total. The van der Waals surface area contributed by atoms with Crippen LogP contribution in [-0.4, -0.2) is 31.4 Å². The normalized spacial score (nSPS) is 11.3. The number of aliphatic hydroxyl groups excluding tert-OH is 1. The quantitative estimate of drug-likeness (QED) is 0.559. The van der Waals surface area contributed by atoms with Gasteiger partial charge in [0.15, 0.2) is 11.5 Å². The summed E-state index contributed by atoms with van der Waals surface area (Å²) >= 11 is 0. The van der Waals surface area contributed by atoms with Gasteiger partial charge in [0.1, 0.15) is 13.2 Å². The van der Waals surface area contributed by atoms with E-state index in [2.05, 4.69) is 17.9 Å². The minimum atomic E-state index is -0.961. The summed E-state index contributed by atoms with van der Waals surface area (Å²) in [4.78, 5) is 11.2. The highest BCUT2D eigenvalue weighted by molar-refractivity contribution is 5.70. The van der Waals surface area contributed by atoms with Crippen LogP contribution in [0.2, 0.25) is 0 Å². The minimum Gasteiger partial charge on any atom is -0.486 e. The van der Waals surface area contributed by atoms with Crippen LogP contribution in [0.15, 0.2) is 43.5 Å². The first kappa shape index (κ1) is 16.8. The van der Waals surface area contributed by atoms with E-state index in [1.165, 1.54) is 7.11 Å². The Morgan fingerprint density at radius 3 is 2.43 bits per heavy atom. The third-order valence-corrected chi connectivity index (χ3v) is 2.65. The van der Waals surface area contributed by atoms with E-state index in [1.54, 1.807) is 30.4 Å². The van der Waals surface area contributed by atoms with Gasteiger partial charge in [-0.1, -0.05) is 31.4 Å². The molecule has 1 aromatic carbocycles. The molecule has 0 bridgehead atoms. The Morgan fingerprint density at radius 2 is 1.86 bits per heavy atom. The number of benzene rings is 1. The maximum absolute atomic E-state index is 11.2. The van der Waals surface area contributed by atoms with Gasteiger partial charge in [0, 0.05) is 0 Å². The zero-order valence-corrected chi connectivity index (χ0v) is 12.1. The van der Waals surface area contributed by atoms with Gasteiger partial charge in [0.25, 0.3) is 0 Å². The van der Waals surface area contributed by atoms with Crippen molar-refractivity contribution >= 4 is 5.97 Å². The van der Waals surface area contributed by atoms with Gasteiger partial charge in [-0.15, -0.1) is 0 Å². The van der Waals surface area contributed by atoms with Crippen molar-refractivity contribution in [3.8, 4) is 11.5 Å². The van der Waals surface area contributed by atoms with Gasteiger partial charge in [0.05, 0.1) is 19.6 Å². The Labute approximate surface area is 124 Å². The largest absolute Gasteiger partial charge is 0.486 e. The number of ether oxygens (including phenoxy) is 3. The highest BCUT2D eigenvalue weighted by atomic mass is 16.5. The lowest BCUT2D eigenvalue weighted by Gasteiger charge is -2.15. The first-order chi connectivity index (χ1) is 10.1. The zero-order chi connectivity index (χ0) is 15.7. The summed E-state index contributed by atoms with van der Waals surface area (Å²) in [6.45, 7) is 7.81. The first-order valence-corrected chi connectivity index (χ1v) is 6.48. The van der Waals surface area contributed by atoms with Crippen molar-refractivity contribution in [2.75, 3.05) is 20.3 Å². The topological polar surface area (TPSA) is 65.0 Å². The smallest absolute Gasteiger partial charge is 0.308 e. The second-order valence-electron chi connectivity index (χ2n) is 4.20. The fraction of sp³-hybridized carbons (Fsp3) is 0.312. The second kappa shape index (κ2) is 8.81. The van der Waals surface area contributed by atoms with Gasteiger partial charge >= 0.3 is 5.97 Å². The molecule has 21 heavy (non-hydrogen) atoms. The molecule has 5 heteroatoms. The average molecular weight is 292 g/mol. The van der Waals surface area contributed by atoms with Crippen LogP contribution in [0.25, 0.3) is 0 Å². The Bertz CT molecular complexity index is 495. The predicted octanol–water partition coefficient (Wildman–Crippen LogP) is 2.41. The Kier molecular flexibility index (Phi) is 7.04. The lowest BCUT2D eigenvalue weighted by Crippen LogP contribution is -2.08. The fourth-order valence-corrected chi connectivity index (χ4v) is 1.62. The van der Waals surface area contributed by atoms with Crippen molar-refractivity contribution in [2.45, 2.75) is 12.5 Å². The van der Waals surface area contributed by atoms with Gasteiger partial charge in [-0.25, -0.2) is 0 Å². The summed E-state index contributed by atoms with van der Waals surface area (Å²) < 4.78 is 15.5. The SMILES string of the molecule is C=CCOc1ccc(C(O)CC(=O)OC)cc1OCC=C. The van der Waals surface area contributed by atoms with Crippen molar-refractivity contribution in [1.82, 2.24) is 0 Å². The highest BCUT2D eigenvalue weighted by Crippen LogP contribution is 2.31. The predicted molar refractivity (Wildman–Crippen MR) is 79.4 cm³/mol. The lowest BCUT2D eigenvalue weighted by atomic mass is 10.1. The number of esters is 1. The summed E-state index contributed by atoms with van der Waals surface area (Å²) in [6.07, 6.45) is 2.15. The van der Waals surface area contributed by atoms with E-state index in [0.717, 1.165) is 0 Å². The third-order valence-electron chi connectivity index (χ3n) is 2.65. The van der Waals surface area contributed by atoms with E-state index in [1.807, 2.05) is 0 Å². The van der Waals surface area contributed by atoms with Gasteiger partial charge < -0.3 is 19.3 Å². The molecule has 5 nitrogen and oxygen atoms in total. The molecule has 114 valence electrons. The van der Waals surface area contributed by atoms with Crippen molar-refractivity contribution in [1.29, 1.82) is 0 Å². The summed E-state index contributed by atoms with van der Waals surface area (Å²) in [5.74, 6) is 0.520. The van der Waals surface area contributed by atoms with Crippen LogP contribution in [0.5, 0.6) is 11.5 Å². The van der Waals surface area contributed by atoms with E-state index in [4.69, 9.17) is 9.47 Å². The van der Waals surface area contributed by atoms with Crippen molar-refractivity contribution in [3.63, 3.8) is 0 Å². The molecule has 0 heterocycles. The Morgan fingerprint density at radius 1 is 1.24 bits per heavy atom. The molecule has 0 saturated heterocycles. The van der Waals surface area contributed by atoms with Crippen LogP contribution in [0, 0.1) is 0 Å². The maximum Gasteiger partial charge on any atom is 0.308 e. The van der Waals surface area contributed by atoms with Gasteiger partial charge in [0.2, 0.25) is 0 Å². The molecule has 0 spiro atoms. The van der Waals surface area contributed by atoms with Crippen LogP contribution in [0.1, 0.15) is 18.1 Å². The number of carbonyl (C=O) groups excluding carboxylic acids is 1. The molecule has 0 saturated carbocycles. The number of methoxy groups -OCH3 is 1. The minimum absolute atomic E-state index is 0.121. The summed E-state index contributed by atoms with van der Waals surface area (Å²) in [6, 6.07) is 4.99. The molecular weight excluding hydrogens is 272 g/mol. The third kappa shape index (κ3) is 5.31. The standard InChI is InChI=1S/C16H20O5/c1-4-8-20-14-7-6-12(10-15(14)21-9-5-2)13(17)11-16(18)19-3/h4-7,10,13,17H,1-2,8-9,11H2,3H3. The molecule has 0 amide bonds. The van der Waals surface area contributed by atoms with E-state index in [0.29, 0.717) is 30.3 Å². The number of aliphatic hydroxyl groups is 1. The molecule has 1 aromatic rings. The van der Waals surface area contributed by atoms with Crippen molar-refractivity contribution < 1.29 is 24.1 Å². The van der Waals surface area contributed by atoms with Crippen LogP contribution in [0.4, 0.5) is 0 Å². The first-order valence-electron chi connectivity index (χ1n) is 6.48. The summed E-state index contributed by atoms with van der Waals surface area (Å²) in [7, 11) is 1.28. The average Bonchev–Trinajstić information content (AvgIpc) is 2.50. The molecular formula is C16H20O5. The number of rotatable bonds is 9.